The molecule has 1 heterocycles. The summed E-state index contributed by atoms with van der Waals surface area (Å²) in [4.78, 5) is 1.26. The molecule has 0 spiro atoms. The van der Waals surface area contributed by atoms with Crippen LogP contribution in [-0.2, 0) is 10.0 Å². The topological polar surface area (TPSA) is 72.6 Å². The normalized spacial score (nSPS) is 20.1. The Bertz CT molecular complexity index is 587. The number of ether oxygens (including phenoxy) is 1. The maximum Gasteiger partial charge on any atom is 0.404 e. The summed E-state index contributed by atoms with van der Waals surface area (Å²) < 4.78 is 64.9. The van der Waals surface area contributed by atoms with E-state index in [4.69, 9.17) is 9.88 Å². The highest BCUT2D eigenvalue weighted by Crippen LogP contribution is 2.33. The standard InChI is InChI=1S/C12H15F3N2O3S/c13-12(14,15)11-5-6-17(11)7-8-20-9-1-3-10(4-2-9)21(16,18)19/h1-4,11H,5-8H2,(H2,16,18,19). The van der Waals surface area contributed by atoms with Gasteiger partial charge in [-0.2, -0.15) is 13.2 Å². The number of nitrogens with zero attached hydrogens (tertiary/aromatic N) is 1. The first-order valence-corrected chi connectivity index (χ1v) is 7.79. The minimum absolute atomic E-state index is 0.0465. The number of alkyl halides is 3. The third kappa shape index (κ3) is 4.08. The summed E-state index contributed by atoms with van der Waals surface area (Å²) in [5, 5.41) is 4.95. The van der Waals surface area contributed by atoms with E-state index < -0.39 is 22.2 Å². The molecule has 1 aromatic carbocycles. The molecule has 2 N–H and O–H groups in total. The minimum atomic E-state index is -4.20. The molecule has 1 atom stereocenters. The zero-order valence-electron chi connectivity index (χ0n) is 11.0. The third-order valence-electron chi connectivity index (χ3n) is 3.31. The lowest BCUT2D eigenvalue weighted by molar-refractivity contribution is -0.210. The minimum Gasteiger partial charge on any atom is -0.492 e. The van der Waals surface area contributed by atoms with Crippen LogP contribution in [0.3, 0.4) is 0 Å². The Hall–Kier alpha value is -1.32. The fourth-order valence-corrected chi connectivity index (χ4v) is 2.60. The maximum atomic E-state index is 12.5. The molecule has 1 saturated heterocycles. The van der Waals surface area contributed by atoms with Crippen LogP contribution in [0.25, 0.3) is 0 Å². The summed E-state index contributed by atoms with van der Waals surface area (Å²) >= 11 is 0. The molecule has 9 heteroatoms. The summed E-state index contributed by atoms with van der Waals surface area (Å²) in [6.07, 6.45) is -4.08. The number of benzene rings is 1. The van der Waals surface area contributed by atoms with Gasteiger partial charge in [0.25, 0.3) is 0 Å². The molecule has 0 radical (unpaired) electrons. The molecule has 1 fully saturated rings. The Morgan fingerprint density at radius 3 is 2.33 bits per heavy atom. The van der Waals surface area contributed by atoms with Gasteiger partial charge in [0.1, 0.15) is 18.4 Å². The van der Waals surface area contributed by atoms with Gasteiger partial charge in [0.15, 0.2) is 0 Å². The molecular formula is C12H15F3N2O3S. The van der Waals surface area contributed by atoms with E-state index in [1.54, 1.807) is 0 Å². The number of rotatable bonds is 5. The van der Waals surface area contributed by atoms with Crippen LogP contribution < -0.4 is 9.88 Å². The summed E-state index contributed by atoms with van der Waals surface area (Å²) in [6.45, 7) is 0.667. The van der Waals surface area contributed by atoms with Crippen LogP contribution in [-0.4, -0.2) is 45.2 Å². The van der Waals surface area contributed by atoms with Gasteiger partial charge in [-0.3, -0.25) is 4.90 Å². The van der Waals surface area contributed by atoms with Crippen LogP contribution in [0.2, 0.25) is 0 Å². The lowest BCUT2D eigenvalue weighted by Gasteiger charge is -2.41. The Morgan fingerprint density at radius 1 is 1.29 bits per heavy atom. The van der Waals surface area contributed by atoms with Gasteiger partial charge < -0.3 is 4.74 Å². The molecule has 1 unspecified atom stereocenters. The van der Waals surface area contributed by atoms with Crippen molar-refractivity contribution in [3.8, 4) is 5.75 Å². The molecule has 1 aliphatic heterocycles. The highest BCUT2D eigenvalue weighted by Gasteiger charge is 2.48. The van der Waals surface area contributed by atoms with Crippen molar-refractivity contribution in [3.05, 3.63) is 24.3 Å². The zero-order chi connectivity index (χ0) is 15.7. The first-order valence-electron chi connectivity index (χ1n) is 6.24. The molecule has 0 aliphatic carbocycles. The van der Waals surface area contributed by atoms with Crippen LogP contribution >= 0.6 is 0 Å². The lowest BCUT2D eigenvalue weighted by atomic mass is 10.0. The predicted molar refractivity (Wildman–Crippen MR) is 69.3 cm³/mol. The van der Waals surface area contributed by atoms with Crippen molar-refractivity contribution in [2.45, 2.75) is 23.5 Å². The summed E-state index contributed by atoms with van der Waals surface area (Å²) in [7, 11) is -3.76. The van der Waals surface area contributed by atoms with Gasteiger partial charge in [-0.05, 0) is 30.7 Å². The van der Waals surface area contributed by atoms with E-state index in [0.717, 1.165) is 0 Å². The summed E-state index contributed by atoms with van der Waals surface area (Å²) in [6, 6.07) is 4.01. The number of primary sulfonamides is 1. The fourth-order valence-electron chi connectivity index (χ4n) is 2.09. The van der Waals surface area contributed by atoms with Crippen LogP contribution in [0.15, 0.2) is 29.2 Å². The SMILES string of the molecule is NS(=O)(=O)c1ccc(OCCN2CCC2C(F)(F)F)cc1. The largest absolute Gasteiger partial charge is 0.492 e. The van der Waals surface area contributed by atoms with Gasteiger partial charge in [0.05, 0.1) is 4.90 Å². The Balaban J connectivity index is 1.82. The van der Waals surface area contributed by atoms with Crippen LogP contribution in [0.4, 0.5) is 13.2 Å². The molecule has 0 aromatic heterocycles. The Kier molecular flexibility index (Phi) is 4.45. The van der Waals surface area contributed by atoms with Gasteiger partial charge in [-0.1, -0.05) is 0 Å². The molecule has 0 amide bonds. The molecule has 0 bridgehead atoms. The molecule has 1 aromatic rings. The van der Waals surface area contributed by atoms with Crippen LogP contribution in [0.5, 0.6) is 5.75 Å². The number of likely N-dealkylation sites (tertiary alicyclic amines) is 1. The van der Waals surface area contributed by atoms with E-state index in [1.807, 2.05) is 0 Å². The van der Waals surface area contributed by atoms with E-state index in [9.17, 15) is 21.6 Å². The third-order valence-corrected chi connectivity index (χ3v) is 4.24. The fraction of sp³-hybridized carbons (Fsp3) is 0.500. The number of sulfonamides is 1. The van der Waals surface area contributed by atoms with Crippen molar-refractivity contribution < 1.29 is 26.3 Å². The molecule has 118 valence electrons. The first-order chi connectivity index (χ1) is 9.68. The van der Waals surface area contributed by atoms with E-state index in [1.165, 1.54) is 29.2 Å². The first kappa shape index (κ1) is 16.1. The second-order valence-corrected chi connectivity index (χ2v) is 6.31. The number of halogens is 3. The summed E-state index contributed by atoms with van der Waals surface area (Å²) in [5.74, 6) is 0.381. The predicted octanol–water partition coefficient (Wildman–Crippen LogP) is 1.35. The van der Waals surface area contributed by atoms with Gasteiger partial charge in [-0.25, -0.2) is 13.6 Å². The van der Waals surface area contributed by atoms with Crippen molar-refractivity contribution in [2.24, 2.45) is 5.14 Å². The Morgan fingerprint density at radius 2 is 1.90 bits per heavy atom. The van der Waals surface area contributed by atoms with Gasteiger partial charge in [-0.15, -0.1) is 0 Å². The second kappa shape index (κ2) is 5.82. The highest BCUT2D eigenvalue weighted by molar-refractivity contribution is 7.89. The smallest absolute Gasteiger partial charge is 0.404 e. The van der Waals surface area contributed by atoms with Crippen molar-refractivity contribution in [2.75, 3.05) is 19.7 Å². The molecule has 0 saturated carbocycles. The Labute approximate surface area is 120 Å². The van der Waals surface area contributed by atoms with E-state index in [2.05, 4.69) is 0 Å². The van der Waals surface area contributed by atoms with E-state index in [-0.39, 0.29) is 24.5 Å². The number of nitrogens with two attached hydrogens (primary N) is 1. The molecule has 2 rings (SSSR count). The molecule has 1 aliphatic rings. The van der Waals surface area contributed by atoms with Crippen molar-refractivity contribution in [1.82, 2.24) is 4.90 Å². The average molecular weight is 324 g/mol. The van der Waals surface area contributed by atoms with Gasteiger partial charge >= 0.3 is 6.18 Å². The quantitative estimate of drug-likeness (QED) is 0.887. The average Bonchev–Trinajstić information content (AvgIpc) is 2.30. The van der Waals surface area contributed by atoms with Gasteiger partial charge in [0, 0.05) is 13.1 Å². The lowest BCUT2D eigenvalue weighted by Crippen LogP contribution is -2.56. The van der Waals surface area contributed by atoms with Crippen molar-refractivity contribution >= 4 is 10.0 Å². The monoisotopic (exact) mass is 324 g/mol. The zero-order valence-corrected chi connectivity index (χ0v) is 11.8. The van der Waals surface area contributed by atoms with Crippen LogP contribution in [0, 0.1) is 0 Å². The molecule has 21 heavy (non-hydrogen) atoms. The van der Waals surface area contributed by atoms with E-state index in [0.29, 0.717) is 12.3 Å². The second-order valence-electron chi connectivity index (χ2n) is 4.75. The summed E-state index contributed by atoms with van der Waals surface area (Å²) in [5.41, 5.74) is 0. The highest BCUT2D eigenvalue weighted by atomic mass is 32.2. The number of hydrogen-bond acceptors (Lipinski definition) is 4. The van der Waals surface area contributed by atoms with Crippen molar-refractivity contribution in [1.29, 1.82) is 0 Å². The van der Waals surface area contributed by atoms with E-state index >= 15 is 0 Å². The molecular weight excluding hydrogens is 309 g/mol. The van der Waals surface area contributed by atoms with Gasteiger partial charge in [0.2, 0.25) is 10.0 Å². The maximum absolute atomic E-state index is 12.5. The van der Waals surface area contributed by atoms with Crippen molar-refractivity contribution in [3.63, 3.8) is 0 Å². The number of hydrogen-bond donors (Lipinski definition) is 1. The molecule has 5 nitrogen and oxygen atoms in total. The van der Waals surface area contributed by atoms with Crippen LogP contribution in [0.1, 0.15) is 6.42 Å².